The summed E-state index contributed by atoms with van der Waals surface area (Å²) in [6.07, 6.45) is 17.1. The molecule has 0 N–H and O–H groups in total. The lowest BCUT2D eigenvalue weighted by atomic mass is 9.69. The van der Waals surface area contributed by atoms with Gasteiger partial charge < -0.3 is 4.74 Å². The van der Waals surface area contributed by atoms with E-state index < -0.39 is 0 Å². The highest BCUT2D eigenvalue weighted by atomic mass is 16.5. The Balaban J connectivity index is 0.00000151. The molecule has 0 unspecified atom stereocenters. The summed E-state index contributed by atoms with van der Waals surface area (Å²) in [5, 5.41) is 0. The number of rotatable bonds is 5. The minimum Gasteiger partial charge on any atom is -0.426 e. The fourth-order valence-electron chi connectivity index (χ4n) is 4.12. The minimum atomic E-state index is -0.0728. The summed E-state index contributed by atoms with van der Waals surface area (Å²) in [4.78, 5) is 12.3. The van der Waals surface area contributed by atoms with Crippen LogP contribution in [0.1, 0.15) is 79.1 Å². The van der Waals surface area contributed by atoms with Gasteiger partial charge in [-0.25, -0.2) is 0 Å². The Morgan fingerprint density at radius 2 is 1.48 bits per heavy atom. The fraction of sp³-hybridized carbons (Fsp3) is 0.696. The van der Waals surface area contributed by atoms with Crippen LogP contribution in [0.5, 0.6) is 0 Å². The third kappa shape index (κ3) is 7.22. The Hall–Kier alpha value is -1.31. The van der Waals surface area contributed by atoms with E-state index in [4.69, 9.17) is 4.74 Å². The van der Waals surface area contributed by atoms with E-state index in [0.717, 1.165) is 30.6 Å². The summed E-state index contributed by atoms with van der Waals surface area (Å²) in [6, 6.07) is 0. The van der Waals surface area contributed by atoms with Gasteiger partial charge >= 0.3 is 5.97 Å². The molecule has 2 heteroatoms. The molecule has 2 fully saturated rings. The zero-order valence-electron chi connectivity index (χ0n) is 16.8. The van der Waals surface area contributed by atoms with Crippen LogP contribution in [-0.4, -0.2) is 5.97 Å². The summed E-state index contributed by atoms with van der Waals surface area (Å²) in [6.45, 7) is 12.0. The van der Waals surface area contributed by atoms with Gasteiger partial charge in [0.15, 0.2) is 0 Å². The van der Waals surface area contributed by atoms with E-state index in [1.807, 2.05) is 32.9 Å². The number of ether oxygens (including phenoxy) is 1. The van der Waals surface area contributed by atoms with E-state index in [2.05, 4.69) is 13.5 Å². The zero-order valence-corrected chi connectivity index (χ0v) is 16.8. The van der Waals surface area contributed by atoms with Gasteiger partial charge in [0.05, 0.1) is 5.92 Å². The first-order chi connectivity index (χ1) is 12.1. The molecule has 0 radical (unpaired) electrons. The molecule has 0 spiro atoms. The number of esters is 1. The van der Waals surface area contributed by atoms with Crippen molar-refractivity contribution in [1.82, 2.24) is 0 Å². The minimum absolute atomic E-state index is 0.0720. The summed E-state index contributed by atoms with van der Waals surface area (Å²) >= 11 is 0. The molecule has 0 aromatic rings. The van der Waals surface area contributed by atoms with Crippen LogP contribution in [0.25, 0.3) is 0 Å². The van der Waals surface area contributed by atoms with Crippen molar-refractivity contribution in [2.45, 2.75) is 79.1 Å². The fourth-order valence-corrected chi connectivity index (χ4v) is 4.12. The Labute approximate surface area is 155 Å². The molecule has 2 aliphatic carbocycles. The second-order valence-electron chi connectivity index (χ2n) is 7.35. The van der Waals surface area contributed by atoms with Crippen molar-refractivity contribution >= 4 is 5.97 Å². The van der Waals surface area contributed by atoms with Crippen LogP contribution in [-0.2, 0) is 9.53 Å². The number of carbonyl (C=O) groups excluding carboxylic acids is 1. The molecule has 0 aromatic carbocycles. The first kappa shape index (κ1) is 21.7. The SMILES string of the molecule is C=C/C(=C\C=C/C)OC(=O)C1CCC(C2CCC(C)CC2)CC1.CC. The molecule has 0 aromatic heterocycles. The third-order valence-electron chi connectivity index (χ3n) is 5.70. The standard InChI is InChI=1S/C21H32O2.C2H6/c1-4-6-7-20(5-2)23-21(22)19-14-12-18(13-15-19)17-10-8-16(3)9-11-17;1-2/h4-7,16-19H,2,8-15H2,1,3H3;1-2H3/b6-4-,20-7+;. The number of allylic oxidation sites excluding steroid dienone is 4. The van der Waals surface area contributed by atoms with E-state index in [1.165, 1.54) is 38.5 Å². The van der Waals surface area contributed by atoms with E-state index >= 15 is 0 Å². The van der Waals surface area contributed by atoms with Crippen LogP contribution in [0.4, 0.5) is 0 Å². The van der Waals surface area contributed by atoms with Crippen LogP contribution < -0.4 is 0 Å². The van der Waals surface area contributed by atoms with Crippen molar-refractivity contribution in [3.05, 3.63) is 36.6 Å². The molecule has 0 saturated heterocycles. The van der Waals surface area contributed by atoms with E-state index in [0.29, 0.717) is 5.76 Å². The van der Waals surface area contributed by atoms with Gasteiger partial charge in [0.2, 0.25) is 0 Å². The Morgan fingerprint density at radius 3 is 1.96 bits per heavy atom. The van der Waals surface area contributed by atoms with Gasteiger partial charge in [-0.15, -0.1) is 0 Å². The van der Waals surface area contributed by atoms with Gasteiger partial charge in [0.25, 0.3) is 0 Å². The molecule has 2 rings (SSSR count). The number of carbonyl (C=O) groups is 1. The molecule has 2 aliphatic rings. The van der Waals surface area contributed by atoms with Crippen molar-refractivity contribution in [3.8, 4) is 0 Å². The Morgan fingerprint density at radius 1 is 0.960 bits per heavy atom. The van der Waals surface area contributed by atoms with Crippen molar-refractivity contribution in [1.29, 1.82) is 0 Å². The summed E-state index contributed by atoms with van der Waals surface area (Å²) in [5.74, 6) is 3.21. The zero-order chi connectivity index (χ0) is 18.7. The van der Waals surface area contributed by atoms with Crippen molar-refractivity contribution in [2.75, 3.05) is 0 Å². The number of hydrogen-bond donors (Lipinski definition) is 0. The second kappa shape index (κ2) is 12.1. The maximum absolute atomic E-state index is 12.3. The predicted molar refractivity (Wildman–Crippen MR) is 107 cm³/mol. The van der Waals surface area contributed by atoms with Crippen molar-refractivity contribution in [3.63, 3.8) is 0 Å². The Kier molecular flexibility index (Phi) is 10.5. The summed E-state index contributed by atoms with van der Waals surface area (Å²) < 4.78 is 5.49. The molecule has 2 saturated carbocycles. The molecule has 0 aliphatic heterocycles. The monoisotopic (exact) mass is 346 g/mol. The van der Waals surface area contributed by atoms with Gasteiger partial charge in [-0.1, -0.05) is 52.3 Å². The van der Waals surface area contributed by atoms with Crippen LogP contribution in [0.15, 0.2) is 36.6 Å². The van der Waals surface area contributed by atoms with Gasteiger partial charge in [-0.3, -0.25) is 4.79 Å². The first-order valence-corrected chi connectivity index (χ1v) is 10.3. The molecule has 0 atom stereocenters. The maximum atomic E-state index is 12.3. The van der Waals surface area contributed by atoms with Crippen LogP contribution >= 0.6 is 0 Å². The summed E-state index contributed by atoms with van der Waals surface area (Å²) in [7, 11) is 0. The highest BCUT2D eigenvalue weighted by molar-refractivity contribution is 5.74. The van der Waals surface area contributed by atoms with E-state index in [-0.39, 0.29) is 11.9 Å². The number of hydrogen-bond acceptors (Lipinski definition) is 2. The smallest absolute Gasteiger partial charge is 0.314 e. The van der Waals surface area contributed by atoms with Crippen LogP contribution in [0.2, 0.25) is 0 Å². The van der Waals surface area contributed by atoms with Crippen molar-refractivity contribution in [2.24, 2.45) is 23.7 Å². The lowest BCUT2D eigenvalue weighted by molar-refractivity contribution is -0.145. The highest BCUT2D eigenvalue weighted by Gasteiger charge is 2.33. The molecule has 0 bridgehead atoms. The predicted octanol–water partition coefficient (Wildman–Crippen LogP) is 6.83. The van der Waals surface area contributed by atoms with Crippen LogP contribution in [0, 0.1) is 23.7 Å². The molecule has 0 heterocycles. The molecule has 25 heavy (non-hydrogen) atoms. The largest absolute Gasteiger partial charge is 0.426 e. The molecule has 2 nitrogen and oxygen atoms in total. The van der Waals surface area contributed by atoms with Gasteiger partial charge in [0, 0.05) is 0 Å². The van der Waals surface area contributed by atoms with Gasteiger partial charge in [-0.05, 0) is 75.4 Å². The molecule has 142 valence electrons. The van der Waals surface area contributed by atoms with E-state index in [1.54, 1.807) is 12.2 Å². The quantitative estimate of drug-likeness (QED) is 0.309. The maximum Gasteiger partial charge on any atom is 0.314 e. The van der Waals surface area contributed by atoms with Crippen LogP contribution in [0.3, 0.4) is 0 Å². The van der Waals surface area contributed by atoms with E-state index in [9.17, 15) is 4.79 Å². The summed E-state index contributed by atoms with van der Waals surface area (Å²) in [5.41, 5.74) is 0. The second-order valence-corrected chi connectivity index (χ2v) is 7.35. The first-order valence-electron chi connectivity index (χ1n) is 10.3. The molecule has 0 amide bonds. The third-order valence-corrected chi connectivity index (χ3v) is 5.70. The lowest BCUT2D eigenvalue weighted by Gasteiger charge is -2.36. The topological polar surface area (TPSA) is 26.3 Å². The highest BCUT2D eigenvalue weighted by Crippen LogP contribution is 2.41. The van der Waals surface area contributed by atoms with Gasteiger partial charge in [-0.2, -0.15) is 0 Å². The van der Waals surface area contributed by atoms with Gasteiger partial charge in [0.1, 0.15) is 5.76 Å². The van der Waals surface area contributed by atoms with Crippen molar-refractivity contribution < 1.29 is 9.53 Å². The Bertz CT molecular complexity index is 445. The molecular weight excluding hydrogens is 308 g/mol. The average molecular weight is 347 g/mol. The normalized spacial score (nSPS) is 30.3. The molecular formula is C23H38O2. The lowest BCUT2D eigenvalue weighted by Crippen LogP contribution is -2.28. The average Bonchev–Trinajstić information content (AvgIpc) is 2.67.